The molecule has 5 heteroatoms. The van der Waals surface area contributed by atoms with E-state index in [1.807, 2.05) is 18.2 Å². The summed E-state index contributed by atoms with van der Waals surface area (Å²) in [5.41, 5.74) is 0.588. The lowest BCUT2D eigenvalue weighted by atomic mass is 9.97. The van der Waals surface area contributed by atoms with Gasteiger partial charge in [-0.2, -0.15) is 0 Å². The molecular weight excluding hydrogens is 256 g/mol. The summed E-state index contributed by atoms with van der Waals surface area (Å²) in [5.74, 6) is 0.00137. The summed E-state index contributed by atoms with van der Waals surface area (Å²) in [5, 5.41) is 19.8. The van der Waals surface area contributed by atoms with Crippen LogP contribution in [-0.2, 0) is 4.79 Å². The fraction of sp³-hybridized carbons (Fsp3) is 0.333. The van der Waals surface area contributed by atoms with Crippen LogP contribution >= 0.6 is 0 Å². The van der Waals surface area contributed by atoms with E-state index in [0.717, 1.165) is 11.2 Å². The number of rotatable bonds is 2. The molecule has 1 aromatic heterocycles. The van der Waals surface area contributed by atoms with E-state index in [9.17, 15) is 9.90 Å². The van der Waals surface area contributed by atoms with Gasteiger partial charge in [-0.25, -0.2) is 4.98 Å². The fourth-order valence-corrected chi connectivity index (χ4v) is 2.65. The van der Waals surface area contributed by atoms with Gasteiger partial charge in [0.1, 0.15) is 17.1 Å². The number of hydrogen-bond acceptors (Lipinski definition) is 4. The predicted octanol–water partition coefficient (Wildman–Crippen LogP) is 2.24. The largest absolute Gasteiger partial charge is 0.506 e. The molecule has 0 aliphatic carbocycles. The Labute approximate surface area is 116 Å². The van der Waals surface area contributed by atoms with Crippen LogP contribution in [0.4, 0.5) is 5.82 Å². The van der Waals surface area contributed by atoms with Crippen LogP contribution in [0.25, 0.3) is 10.9 Å². The van der Waals surface area contributed by atoms with Gasteiger partial charge in [0.05, 0.1) is 5.92 Å². The van der Waals surface area contributed by atoms with E-state index < -0.39 is 5.97 Å². The second-order valence-electron chi connectivity index (χ2n) is 5.12. The molecule has 2 aromatic rings. The maximum absolute atomic E-state index is 10.9. The van der Waals surface area contributed by atoms with Crippen LogP contribution in [0, 0.1) is 5.92 Å². The van der Waals surface area contributed by atoms with E-state index in [-0.39, 0.29) is 11.7 Å². The van der Waals surface area contributed by atoms with Gasteiger partial charge < -0.3 is 15.1 Å². The SMILES string of the molecule is O=C(O)C1CCN(c2ccc3cccc(O)c3n2)CC1. The Bertz CT molecular complexity index is 649. The van der Waals surface area contributed by atoms with Crippen molar-refractivity contribution in [2.24, 2.45) is 5.92 Å². The molecule has 0 spiro atoms. The number of carbonyl (C=O) groups is 1. The van der Waals surface area contributed by atoms with E-state index in [4.69, 9.17) is 5.11 Å². The van der Waals surface area contributed by atoms with E-state index in [1.54, 1.807) is 12.1 Å². The molecule has 2 heterocycles. The molecule has 3 rings (SSSR count). The number of phenolic OH excluding ortho intramolecular Hbond substituents is 1. The number of carboxylic acid groups (broad SMARTS) is 1. The number of anilines is 1. The number of aromatic hydroxyl groups is 1. The van der Waals surface area contributed by atoms with Crippen LogP contribution < -0.4 is 4.90 Å². The summed E-state index contributed by atoms with van der Waals surface area (Å²) in [6.45, 7) is 1.37. The quantitative estimate of drug-likeness (QED) is 0.877. The minimum absolute atomic E-state index is 0.171. The van der Waals surface area contributed by atoms with E-state index in [2.05, 4.69) is 9.88 Å². The van der Waals surface area contributed by atoms with Gasteiger partial charge in [0.25, 0.3) is 0 Å². The van der Waals surface area contributed by atoms with Gasteiger partial charge in [0, 0.05) is 18.5 Å². The Morgan fingerprint density at radius 1 is 1.20 bits per heavy atom. The van der Waals surface area contributed by atoms with Crippen molar-refractivity contribution in [1.82, 2.24) is 4.98 Å². The third-order valence-corrected chi connectivity index (χ3v) is 3.85. The van der Waals surface area contributed by atoms with Crippen molar-refractivity contribution >= 4 is 22.7 Å². The average Bonchev–Trinajstić information content (AvgIpc) is 2.47. The molecule has 2 N–H and O–H groups in total. The first-order valence-corrected chi connectivity index (χ1v) is 6.71. The molecule has 20 heavy (non-hydrogen) atoms. The lowest BCUT2D eigenvalue weighted by molar-refractivity contribution is -0.142. The van der Waals surface area contributed by atoms with Crippen LogP contribution in [0.1, 0.15) is 12.8 Å². The van der Waals surface area contributed by atoms with Crippen LogP contribution in [0.2, 0.25) is 0 Å². The molecule has 0 amide bonds. The van der Waals surface area contributed by atoms with Crippen molar-refractivity contribution < 1.29 is 15.0 Å². The Hall–Kier alpha value is -2.30. The Kier molecular flexibility index (Phi) is 3.18. The van der Waals surface area contributed by atoms with Crippen molar-refractivity contribution in [3.8, 4) is 5.75 Å². The van der Waals surface area contributed by atoms with E-state index >= 15 is 0 Å². The highest BCUT2D eigenvalue weighted by Crippen LogP contribution is 2.27. The van der Waals surface area contributed by atoms with Crippen LogP contribution in [0.5, 0.6) is 5.75 Å². The maximum atomic E-state index is 10.9. The number of fused-ring (bicyclic) bond motifs is 1. The molecular formula is C15H16N2O3. The molecule has 0 bridgehead atoms. The smallest absolute Gasteiger partial charge is 0.306 e. The number of pyridine rings is 1. The molecule has 0 saturated carbocycles. The van der Waals surface area contributed by atoms with Crippen molar-refractivity contribution in [1.29, 1.82) is 0 Å². The number of phenols is 1. The zero-order chi connectivity index (χ0) is 14.1. The van der Waals surface area contributed by atoms with Crippen LogP contribution in [-0.4, -0.2) is 34.3 Å². The van der Waals surface area contributed by atoms with Crippen molar-refractivity contribution in [2.45, 2.75) is 12.8 Å². The average molecular weight is 272 g/mol. The van der Waals surface area contributed by atoms with Crippen molar-refractivity contribution in [3.05, 3.63) is 30.3 Å². The topological polar surface area (TPSA) is 73.7 Å². The van der Waals surface area contributed by atoms with Crippen molar-refractivity contribution in [2.75, 3.05) is 18.0 Å². The number of benzene rings is 1. The fourth-order valence-electron chi connectivity index (χ4n) is 2.65. The summed E-state index contributed by atoms with van der Waals surface area (Å²) in [6.07, 6.45) is 1.27. The highest BCUT2D eigenvalue weighted by Gasteiger charge is 2.25. The number of hydrogen-bond donors (Lipinski definition) is 2. The van der Waals surface area contributed by atoms with Crippen molar-refractivity contribution in [3.63, 3.8) is 0 Å². The summed E-state index contributed by atoms with van der Waals surface area (Å²) in [7, 11) is 0. The van der Waals surface area contributed by atoms with Gasteiger partial charge in [0.15, 0.2) is 0 Å². The molecule has 0 atom stereocenters. The highest BCUT2D eigenvalue weighted by atomic mass is 16.4. The number of aromatic nitrogens is 1. The molecule has 0 unspecified atom stereocenters. The number of piperidine rings is 1. The molecule has 1 aromatic carbocycles. The van der Waals surface area contributed by atoms with Crippen LogP contribution in [0.3, 0.4) is 0 Å². The summed E-state index contributed by atoms with van der Waals surface area (Å²) < 4.78 is 0. The lowest BCUT2D eigenvalue weighted by Gasteiger charge is -2.31. The minimum atomic E-state index is -0.714. The van der Waals surface area contributed by atoms with Gasteiger partial charge in [-0.1, -0.05) is 12.1 Å². The zero-order valence-corrected chi connectivity index (χ0v) is 11.0. The van der Waals surface area contributed by atoms with Gasteiger partial charge >= 0.3 is 5.97 Å². The standard InChI is InChI=1S/C15H16N2O3/c18-12-3-1-2-10-4-5-13(16-14(10)12)17-8-6-11(7-9-17)15(19)20/h1-5,11,18H,6-9H2,(H,19,20). The van der Waals surface area contributed by atoms with E-state index in [1.165, 1.54) is 0 Å². The molecule has 1 saturated heterocycles. The minimum Gasteiger partial charge on any atom is -0.506 e. The monoisotopic (exact) mass is 272 g/mol. The third kappa shape index (κ3) is 2.27. The van der Waals surface area contributed by atoms with Gasteiger partial charge in [-0.15, -0.1) is 0 Å². The normalized spacial score (nSPS) is 16.5. The lowest BCUT2D eigenvalue weighted by Crippen LogP contribution is -2.36. The first-order valence-electron chi connectivity index (χ1n) is 6.71. The first kappa shape index (κ1) is 12.7. The third-order valence-electron chi connectivity index (χ3n) is 3.85. The molecule has 1 fully saturated rings. The van der Waals surface area contributed by atoms with Gasteiger partial charge in [-0.3, -0.25) is 4.79 Å². The molecule has 1 aliphatic rings. The maximum Gasteiger partial charge on any atom is 0.306 e. The molecule has 104 valence electrons. The van der Waals surface area contributed by atoms with Crippen LogP contribution in [0.15, 0.2) is 30.3 Å². The second kappa shape index (κ2) is 5.00. The number of para-hydroxylation sites is 1. The molecule has 5 nitrogen and oxygen atoms in total. The molecule has 1 aliphatic heterocycles. The number of nitrogens with zero attached hydrogens (tertiary/aromatic N) is 2. The summed E-state index contributed by atoms with van der Waals surface area (Å²) in [6, 6.07) is 9.17. The van der Waals surface area contributed by atoms with Gasteiger partial charge in [0.2, 0.25) is 0 Å². The second-order valence-corrected chi connectivity index (χ2v) is 5.12. The first-order chi connectivity index (χ1) is 9.65. The summed E-state index contributed by atoms with van der Waals surface area (Å²) in [4.78, 5) is 17.5. The highest BCUT2D eigenvalue weighted by molar-refractivity contribution is 5.85. The number of carboxylic acids is 1. The Morgan fingerprint density at radius 3 is 2.65 bits per heavy atom. The zero-order valence-electron chi connectivity index (χ0n) is 11.0. The number of aliphatic carboxylic acids is 1. The Morgan fingerprint density at radius 2 is 1.95 bits per heavy atom. The van der Waals surface area contributed by atoms with Gasteiger partial charge in [-0.05, 0) is 31.0 Å². The summed E-state index contributed by atoms with van der Waals surface area (Å²) >= 11 is 0. The predicted molar refractivity (Wildman–Crippen MR) is 76.0 cm³/mol. The van der Waals surface area contributed by atoms with E-state index in [0.29, 0.717) is 31.4 Å². The molecule has 0 radical (unpaired) electrons. The Balaban J connectivity index is 1.85.